The second kappa shape index (κ2) is 6.53. The fraction of sp³-hybridized carbons (Fsp3) is 0.500. The Labute approximate surface area is 123 Å². The fourth-order valence-corrected chi connectivity index (χ4v) is 2.34. The third-order valence-electron chi connectivity index (χ3n) is 3.59. The van der Waals surface area contributed by atoms with Gasteiger partial charge in [0.1, 0.15) is 5.56 Å². The molecule has 0 aromatic heterocycles. The van der Waals surface area contributed by atoms with Gasteiger partial charge in [-0.1, -0.05) is 6.92 Å². The standard InChI is InChI=1S/C14H19N3O4/c1-3-11-9-16(6-7-21-11)14(18)12-8-10(15-2)4-5-13(12)17(19)20/h4-5,8,11,15H,3,6-7,9H2,1-2H3. The Bertz CT molecular complexity index is 547. The number of ether oxygens (including phenoxy) is 1. The molecule has 1 saturated heterocycles. The summed E-state index contributed by atoms with van der Waals surface area (Å²) in [5.74, 6) is -0.319. The molecule has 1 aromatic carbocycles. The molecule has 114 valence electrons. The van der Waals surface area contributed by atoms with Gasteiger partial charge in [-0.2, -0.15) is 0 Å². The molecule has 21 heavy (non-hydrogen) atoms. The minimum Gasteiger partial charge on any atom is -0.388 e. The highest BCUT2D eigenvalue weighted by Gasteiger charge is 2.28. The van der Waals surface area contributed by atoms with Crippen molar-refractivity contribution in [2.24, 2.45) is 0 Å². The van der Waals surface area contributed by atoms with Gasteiger partial charge in [0.15, 0.2) is 0 Å². The zero-order valence-electron chi connectivity index (χ0n) is 12.2. The summed E-state index contributed by atoms with van der Waals surface area (Å²) < 4.78 is 5.53. The molecular formula is C14H19N3O4. The molecule has 0 spiro atoms. The second-order valence-electron chi connectivity index (χ2n) is 4.89. The van der Waals surface area contributed by atoms with E-state index in [4.69, 9.17) is 4.74 Å². The van der Waals surface area contributed by atoms with E-state index in [1.165, 1.54) is 12.1 Å². The number of nitro groups is 1. The maximum atomic E-state index is 12.6. The maximum absolute atomic E-state index is 12.6. The molecule has 1 atom stereocenters. The summed E-state index contributed by atoms with van der Waals surface area (Å²) in [5.41, 5.74) is 0.617. The molecule has 1 N–H and O–H groups in total. The molecule has 2 rings (SSSR count). The highest BCUT2D eigenvalue weighted by molar-refractivity contribution is 5.99. The Kier molecular flexibility index (Phi) is 4.74. The van der Waals surface area contributed by atoms with Gasteiger partial charge in [-0.3, -0.25) is 14.9 Å². The smallest absolute Gasteiger partial charge is 0.282 e. The van der Waals surface area contributed by atoms with Crippen LogP contribution in [-0.4, -0.2) is 48.6 Å². The SMILES string of the molecule is CCC1CN(C(=O)c2cc(NC)ccc2[N+](=O)[O-])CCO1. The number of carbonyl (C=O) groups is 1. The van der Waals surface area contributed by atoms with E-state index in [1.807, 2.05) is 6.92 Å². The van der Waals surface area contributed by atoms with E-state index >= 15 is 0 Å². The van der Waals surface area contributed by atoms with Gasteiger partial charge in [-0.25, -0.2) is 0 Å². The number of nitro benzene ring substituents is 1. The van der Waals surface area contributed by atoms with Crippen LogP contribution in [0.15, 0.2) is 18.2 Å². The number of hydrogen-bond donors (Lipinski definition) is 1. The van der Waals surface area contributed by atoms with Gasteiger partial charge in [-0.05, 0) is 18.6 Å². The summed E-state index contributed by atoms with van der Waals surface area (Å²) in [5, 5.41) is 14.0. The molecule has 0 aliphatic carbocycles. The van der Waals surface area contributed by atoms with Crippen molar-refractivity contribution in [1.82, 2.24) is 4.90 Å². The minimum atomic E-state index is -0.523. The predicted octanol–water partition coefficient (Wildman–Crippen LogP) is 1.89. The lowest BCUT2D eigenvalue weighted by atomic mass is 10.1. The summed E-state index contributed by atoms with van der Waals surface area (Å²) in [6, 6.07) is 4.47. The zero-order valence-corrected chi connectivity index (χ0v) is 12.2. The predicted molar refractivity (Wildman–Crippen MR) is 78.6 cm³/mol. The van der Waals surface area contributed by atoms with Gasteiger partial charge in [0.05, 0.1) is 17.6 Å². The monoisotopic (exact) mass is 293 g/mol. The van der Waals surface area contributed by atoms with Crippen molar-refractivity contribution in [3.8, 4) is 0 Å². The van der Waals surface area contributed by atoms with Crippen LogP contribution < -0.4 is 5.32 Å². The molecule has 1 heterocycles. The lowest BCUT2D eigenvalue weighted by molar-refractivity contribution is -0.385. The van der Waals surface area contributed by atoms with Crippen molar-refractivity contribution in [1.29, 1.82) is 0 Å². The topological polar surface area (TPSA) is 84.7 Å². The van der Waals surface area contributed by atoms with Crippen molar-refractivity contribution >= 4 is 17.3 Å². The third-order valence-corrected chi connectivity index (χ3v) is 3.59. The average Bonchev–Trinajstić information content (AvgIpc) is 2.53. The quantitative estimate of drug-likeness (QED) is 0.677. The molecule has 0 bridgehead atoms. The fourth-order valence-electron chi connectivity index (χ4n) is 2.34. The molecule has 0 saturated carbocycles. The Morgan fingerprint density at radius 2 is 2.33 bits per heavy atom. The number of anilines is 1. The number of rotatable bonds is 4. The number of morpholine rings is 1. The number of amides is 1. The molecule has 1 aromatic rings. The van der Waals surface area contributed by atoms with Crippen LogP contribution in [0.25, 0.3) is 0 Å². The van der Waals surface area contributed by atoms with Crippen molar-refractivity contribution in [3.63, 3.8) is 0 Å². The summed E-state index contributed by atoms with van der Waals surface area (Å²) in [6.07, 6.45) is 0.803. The van der Waals surface area contributed by atoms with Crippen LogP contribution in [0.3, 0.4) is 0 Å². The van der Waals surface area contributed by atoms with Crippen LogP contribution in [0.5, 0.6) is 0 Å². The lowest BCUT2D eigenvalue weighted by Crippen LogP contribution is -2.45. The van der Waals surface area contributed by atoms with E-state index in [0.29, 0.717) is 25.4 Å². The maximum Gasteiger partial charge on any atom is 0.282 e. The molecule has 7 nitrogen and oxygen atoms in total. The second-order valence-corrected chi connectivity index (χ2v) is 4.89. The van der Waals surface area contributed by atoms with E-state index in [9.17, 15) is 14.9 Å². The van der Waals surface area contributed by atoms with Gasteiger partial charge in [0, 0.05) is 31.9 Å². The van der Waals surface area contributed by atoms with Gasteiger partial charge in [-0.15, -0.1) is 0 Å². The third kappa shape index (κ3) is 3.30. The number of nitrogens with one attached hydrogen (secondary N) is 1. The van der Waals surface area contributed by atoms with Crippen LogP contribution in [0, 0.1) is 10.1 Å². The molecule has 7 heteroatoms. The molecule has 0 radical (unpaired) electrons. The van der Waals surface area contributed by atoms with E-state index in [-0.39, 0.29) is 23.3 Å². The summed E-state index contributed by atoms with van der Waals surface area (Å²) in [4.78, 5) is 24.8. The number of hydrogen-bond acceptors (Lipinski definition) is 5. The molecular weight excluding hydrogens is 274 g/mol. The van der Waals surface area contributed by atoms with Crippen molar-refractivity contribution in [3.05, 3.63) is 33.9 Å². The Hall–Kier alpha value is -2.15. The number of benzene rings is 1. The average molecular weight is 293 g/mol. The van der Waals surface area contributed by atoms with Gasteiger partial charge >= 0.3 is 0 Å². The number of carbonyl (C=O) groups excluding carboxylic acids is 1. The van der Waals surface area contributed by atoms with E-state index in [1.54, 1.807) is 18.0 Å². The van der Waals surface area contributed by atoms with Crippen LogP contribution in [0.1, 0.15) is 23.7 Å². The van der Waals surface area contributed by atoms with Crippen molar-refractivity contribution in [2.45, 2.75) is 19.4 Å². The number of nitrogens with zero attached hydrogens (tertiary/aromatic N) is 2. The summed E-state index contributed by atoms with van der Waals surface area (Å²) >= 11 is 0. The van der Waals surface area contributed by atoms with Crippen LogP contribution >= 0.6 is 0 Å². The highest BCUT2D eigenvalue weighted by Crippen LogP contribution is 2.25. The zero-order chi connectivity index (χ0) is 15.4. The first-order valence-electron chi connectivity index (χ1n) is 6.93. The van der Waals surface area contributed by atoms with Crippen LogP contribution in [-0.2, 0) is 4.74 Å². The highest BCUT2D eigenvalue weighted by atomic mass is 16.6. The van der Waals surface area contributed by atoms with E-state index < -0.39 is 4.92 Å². The van der Waals surface area contributed by atoms with Gasteiger partial charge < -0.3 is 15.0 Å². The Morgan fingerprint density at radius 1 is 1.57 bits per heavy atom. The minimum absolute atomic E-state index is 0.00533. The van der Waals surface area contributed by atoms with Gasteiger partial charge in [0.2, 0.25) is 0 Å². The first-order valence-corrected chi connectivity index (χ1v) is 6.93. The molecule has 1 unspecified atom stereocenters. The van der Waals surface area contributed by atoms with Crippen LogP contribution in [0.4, 0.5) is 11.4 Å². The van der Waals surface area contributed by atoms with E-state index in [0.717, 1.165) is 6.42 Å². The first-order chi connectivity index (χ1) is 10.1. The van der Waals surface area contributed by atoms with Crippen LogP contribution in [0.2, 0.25) is 0 Å². The Morgan fingerprint density at radius 3 is 2.95 bits per heavy atom. The lowest BCUT2D eigenvalue weighted by Gasteiger charge is -2.32. The molecule has 1 amide bonds. The van der Waals surface area contributed by atoms with E-state index in [2.05, 4.69) is 5.32 Å². The summed E-state index contributed by atoms with van der Waals surface area (Å²) in [6.45, 7) is 3.37. The molecule has 1 aliphatic rings. The normalized spacial score (nSPS) is 18.4. The van der Waals surface area contributed by atoms with Gasteiger partial charge in [0.25, 0.3) is 11.6 Å². The summed E-state index contributed by atoms with van der Waals surface area (Å²) in [7, 11) is 1.71. The Balaban J connectivity index is 2.30. The molecule has 1 aliphatic heterocycles. The first kappa shape index (κ1) is 15.2. The largest absolute Gasteiger partial charge is 0.388 e. The van der Waals surface area contributed by atoms with Crippen molar-refractivity contribution in [2.75, 3.05) is 32.1 Å². The molecule has 1 fully saturated rings. The van der Waals surface area contributed by atoms with Crippen molar-refractivity contribution < 1.29 is 14.5 Å².